The summed E-state index contributed by atoms with van der Waals surface area (Å²) >= 11 is 0. The number of carbonyl (C=O) groups excluding carboxylic acids is 1. The van der Waals surface area contributed by atoms with Gasteiger partial charge in [0.15, 0.2) is 0 Å². The van der Waals surface area contributed by atoms with E-state index in [1.54, 1.807) is 4.90 Å². The van der Waals surface area contributed by atoms with E-state index < -0.39 is 5.60 Å². The van der Waals surface area contributed by atoms with Crippen LogP contribution in [0.2, 0.25) is 0 Å². The Morgan fingerprint density at radius 2 is 2.05 bits per heavy atom. The fourth-order valence-corrected chi connectivity index (χ4v) is 2.98. The van der Waals surface area contributed by atoms with Gasteiger partial charge in [-0.15, -0.1) is 10.2 Å². The third-order valence-corrected chi connectivity index (χ3v) is 3.98. The largest absolute Gasteiger partial charge is 0.444 e. The molecule has 1 amide bonds. The lowest BCUT2D eigenvalue weighted by molar-refractivity contribution is 0.0203. The van der Waals surface area contributed by atoms with Gasteiger partial charge in [-0.2, -0.15) is 0 Å². The number of aromatic nitrogens is 2. The van der Waals surface area contributed by atoms with E-state index in [4.69, 9.17) is 9.15 Å². The molecule has 2 saturated heterocycles. The topological polar surface area (TPSA) is 80.5 Å². The Bertz CT molecular complexity index is 531. The first-order valence-electron chi connectivity index (χ1n) is 8.00. The van der Waals surface area contributed by atoms with Crippen LogP contribution in [-0.4, -0.2) is 39.9 Å². The van der Waals surface area contributed by atoms with Gasteiger partial charge in [-0.25, -0.2) is 4.79 Å². The smallest absolute Gasteiger partial charge is 0.410 e. The van der Waals surface area contributed by atoms with Crippen LogP contribution in [-0.2, 0) is 4.74 Å². The van der Waals surface area contributed by atoms with Crippen molar-refractivity contribution in [2.24, 2.45) is 0 Å². The second-order valence-electron chi connectivity index (χ2n) is 6.96. The van der Waals surface area contributed by atoms with E-state index >= 15 is 0 Å². The van der Waals surface area contributed by atoms with Gasteiger partial charge in [-0.1, -0.05) is 0 Å². The summed E-state index contributed by atoms with van der Waals surface area (Å²) in [6.45, 7) is 7.25. The van der Waals surface area contributed by atoms with Crippen LogP contribution < -0.4 is 5.32 Å². The highest BCUT2D eigenvalue weighted by atomic mass is 16.6. The maximum absolute atomic E-state index is 12.3. The van der Waals surface area contributed by atoms with Gasteiger partial charge < -0.3 is 14.5 Å². The Hall–Kier alpha value is -1.63. The van der Waals surface area contributed by atoms with Crippen molar-refractivity contribution in [2.45, 2.75) is 64.1 Å². The van der Waals surface area contributed by atoms with Crippen molar-refractivity contribution < 1.29 is 13.9 Å². The van der Waals surface area contributed by atoms with E-state index in [2.05, 4.69) is 15.5 Å². The molecule has 2 unspecified atom stereocenters. The Kier molecular flexibility index (Phi) is 4.08. The predicted octanol–water partition coefficient (Wildman–Crippen LogP) is 2.57. The maximum atomic E-state index is 12.3. The van der Waals surface area contributed by atoms with E-state index in [0.29, 0.717) is 18.3 Å². The molecule has 3 rings (SSSR count). The highest BCUT2D eigenvalue weighted by Crippen LogP contribution is 2.33. The van der Waals surface area contributed by atoms with Gasteiger partial charge in [0.2, 0.25) is 11.8 Å². The minimum absolute atomic E-state index is 0.151. The zero-order chi connectivity index (χ0) is 15.7. The molecule has 0 aromatic carbocycles. The van der Waals surface area contributed by atoms with Crippen molar-refractivity contribution >= 4 is 6.09 Å². The van der Waals surface area contributed by atoms with E-state index in [9.17, 15) is 4.79 Å². The molecule has 2 aliphatic rings. The quantitative estimate of drug-likeness (QED) is 0.904. The molecule has 1 aromatic rings. The van der Waals surface area contributed by atoms with E-state index in [-0.39, 0.29) is 18.2 Å². The molecule has 0 aliphatic carbocycles. The molecule has 2 atom stereocenters. The van der Waals surface area contributed by atoms with Gasteiger partial charge in [0.25, 0.3) is 0 Å². The average Bonchev–Trinajstić information content (AvgIpc) is 3.17. The molecule has 0 saturated carbocycles. The highest BCUT2D eigenvalue weighted by Gasteiger charge is 2.37. The molecule has 0 radical (unpaired) electrons. The second kappa shape index (κ2) is 5.87. The fraction of sp³-hybridized carbons (Fsp3) is 0.800. The van der Waals surface area contributed by atoms with Crippen LogP contribution in [0, 0.1) is 0 Å². The molecule has 122 valence electrons. The predicted molar refractivity (Wildman–Crippen MR) is 79.2 cm³/mol. The van der Waals surface area contributed by atoms with Crippen LogP contribution in [0.25, 0.3) is 0 Å². The van der Waals surface area contributed by atoms with Gasteiger partial charge >= 0.3 is 6.09 Å². The standard InChI is InChI=1S/C15H24N4O3/c1-15(2,3)22-14(20)19-9-5-7-11(19)13-18-17-12(21-13)10-6-4-8-16-10/h10-11,16H,4-9H2,1-3H3. The third-order valence-electron chi connectivity index (χ3n) is 3.98. The Labute approximate surface area is 130 Å². The molecule has 0 spiro atoms. The molecular weight excluding hydrogens is 284 g/mol. The summed E-state index contributed by atoms with van der Waals surface area (Å²) in [7, 11) is 0. The van der Waals surface area contributed by atoms with E-state index in [1.807, 2.05) is 20.8 Å². The van der Waals surface area contributed by atoms with Crippen LogP contribution in [0.5, 0.6) is 0 Å². The molecule has 0 bridgehead atoms. The van der Waals surface area contributed by atoms with Gasteiger partial charge in [-0.3, -0.25) is 4.90 Å². The summed E-state index contributed by atoms with van der Waals surface area (Å²) in [5.74, 6) is 1.15. The SMILES string of the molecule is CC(C)(C)OC(=O)N1CCCC1c1nnc(C2CCCN2)o1. The number of carbonyl (C=O) groups is 1. The van der Waals surface area contributed by atoms with Crippen LogP contribution in [0.1, 0.15) is 70.3 Å². The number of nitrogens with zero attached hydrogens (tertiary/aromatic N) is 3. The lowest BCUT2D eigenvalue weighted by atomic mass is 10.2. The summed E-state index contributed by atoms with van der Waals surface area (Å²) in [5.41, 5.74) is -0.502. The zero-order valence-corrected chi connectivity index (χ0v) is 13.5. The molecule has 3 heterocycles. The Morgan fingerprint density at radius 1 is 1.27 bits per heavy atom. The molecule has 22 heavy (non-hydrogen) atoms. The molecule has 1 aromatic heterocycles. The van der Waals surface area contributed by atoms with E-state index in [1.165, 1.54) is 0 Å². The number of hydrogen-bond donors (Lipinski definition) is 1. The summed E-state index contributed by atoms with van der Waals surface area (Å²) in [6.07, 6.45) is 3.58. The highest BCUT2D eigenvalue weighted by molar-refractivity contribution is 5.69. The summed E-state index contributed by atoms with van der Waals surface area (Å²) in [4.78, 5) is 14.0. The van der Waals surface area contributed by atoms with Crippen LogP contribution in [0.4, 0.5) is 4.79 Å². The monoisotopic (exact) mass is 308 g/mol. The number of ether oxygens (including phenoxy) is 1. The van der Waals surface area contributed by atoms with Gasteiger partial charge in [-0.05, 0) is 53.0 Å². The minimum atomic E-state index is -0.502. The fourth-order valence-electron chi connectivity index (χ4n) is 2.98. The number of amides is 1. The summed E-state index contributed by atoms with van der Waals surface area (Å²) in [6, 6.07) is -0.0184. The Balaban J connectivity index is 1.71. The van der Waals surface area contributed by atoms with Crippen LogP contribution in [0.3, 0.4) is 0 Å². The lowest BCUT2D eigenvalue weighted by Crippen LogP contribution is -2.36. The molecule has 2 aliphatic heterocycles. The molecular formula is C15H24N4O3. The Morgan fingerprint density at radius 3 is 2.73 bits per heavy atom. The molecule has 7 nitrogen and oxygen atoms in total. The second-order valence-corrected chi connectivity index (χ2v) is 6.96. The van der Waals surface area contributed by atoms with Crippen molar-refractivity contribution in [2.75, 3.05) is 13.1 Å². The maximum Gasteiger partial charge on any atom is 0.410 e. The summed E-state index contributed by atoms with van der Waals surface area (Å²) in [5, 5.41) is 11.7. The first-order valence-corrected chi connectivity index (χ1v) is 8.00. The number of rotatable bonds is 2. The molecule has 1 N–H and O–H groups in total. The van der Waals surface area contributed by atoms with E-state index in [0.717, 1.165) is 32.2 Å². The third kappa shape index (κ3) is 3.24. The van der Waals surface area contributed by atoms with Crippen molar-refractivity contribution in [1.82, 2.24) is 20.4 Å². The molecule has 7 heteroatoms. The van der Waals surface area contributed by atoms with Gasteiger partial charge in [0.1, 0.15) is 11.6 Å². The normalized spacial score (nSPS) is 25.7. The van der Waals surface area contributed by atoms with Crippen molar-refractivity contribution in [3.8, 4) is 0 Å². The number of hydrogen-bond acceptors (Lipinski definition) is 6. The van der Waals surface area contributed by atoms with Crippen molar-refractivity contribution in [3.05, 3.63) is 11.8 Å². The van der Waals surface area contributed by atoms with Gasteiger partial charge in [0, 0.05) is 6.54 Å². The first-order chi connectivity index (χ1) is 10.4. The van der Waals surface area contributed by atoms with Crippen molar-refractivity contribution in [3.63, 3.8) is 0 Å². The van der Waals surface area contributed by atoms with Crippen LogP contribution in [0.15, 0.2) is 4.42 Å². The first kappa shape index (κ1) is 15.3. The number of likely N-dealkylation sites (tertiary alicyclic amines) is 1. The molecule has 2 fully saturated rings. The van der Waals surface area contributed by atoms with Gasteiger partial charge in [0.05, 0.1) is 6.04 Å². The summed E-state index contributed by atoms with van der Waals surface area (Å²) < 4.78 is 11.3. The number of nitrogens with one attached hydrogen (secondary N) is 1. The van der Waals surface area contributed by atoms with Crippen LogP contribution >= 0.6 is 0 Å². The zero-order valence-electron chi connectivity index (χ0n) is 13.5. The van der Waals surface area contributed by atoms with Crippen molar-refractivity contribution in [1.29, 1.82) is 0 Å². The minimum Gasteiger partial charge on any atom is -0.444 e. The average molecular weight is 308 g/mol. The lowest BCUT2D eigenvalue weighted by Gasteiger charge is -2.27.